The summed E-state index contributed by atoms with van der Waals surface area (Å²) in [5, 5.41) is 13.9. The fraction of sp³-hybridized carbons (Fsp3) is 0.118. The van der Waals surface area contributed by atoms with Crippen molar-refractivity contribution in [2.24, 2.45) is 0 Å². The number of hydrogen-bond donors (Lipinski definition) is 2. The van der Waals surface area contributed by atoms with Crippen LogP contribution < -0.4 is 15.4 Å². The zero-order chi connectivity index (χ0) is 16.8. The highest BCUT2D eigenvalue weighted by atomic mass is 19.1. The van der Waals surface area contributed by atoms with Crippen molar-refractivity contribution < 1.29 is 9.13 Å². The van der Waals surface area contributed by atoms with E-state index in [1.165, 1.54) is 12.3 Å². The Morgan fingerprint density at radius 3 is 2.62 bits per heavy atom. The monoisotopic (exact) mass is 325 g/mol. The predicted molar refractivity (Wildman–Crippen MR) is 89.8 cm³/mol. The lowest BCUT2D eigenvalue weighted by atomic mass is 10.2. The Hall–Kier alpha value is -3.22. The normalized spacial score (nSPS) is 10.2. The van der Waals surface area contributed by atoms with Crippen LogP contribution in [0.2, 0.25) is 0 Å². The standard InChI is InChI=1S/C17H16FN5O/c1-24-14-8-6-13(7-9-14)21-16-11-20-23-17(22-16)19-10-12-4-2-3-5-15(12)18/h2-9,11H,10H2,1H3,(H2,19,21,22,23). The molecule has 122 valence electrons. The van der Waals surface area contributed by atoms with Crippen LogP contribution in [0.4, 0.5) is 21.8 Å². The minimum Gasteiger partial charge on any atom is -0.497 e. The Morgan fingerprint density at radius 1 is 1.08 bits per heavy atom. The summed E-state index contributed by atoms with van der Waals surface area (Å²) in [6, 6.07) is 14.0. The Kier molecular flexibility index (Phi) is 4.81. The van der Waals surface area contributed by atoms with Gasteiger partial charge in [-0.05, 0) is 30.3 Å². The van der Waals surface area contributed by atoms with Crippen molar-refractivity contribution in [3.05, 3.63) is 66.1 Å². The van der Waals surface area contributed by atoms with E-state index in [1.807, 2.05) is 24.3 Å². The maximum Gasteiger partial charge on any atom is 0.244 e. The number of methoxy groups -OCH3 is 1. The van der Waals surface area contributed by atoms with Gasteiger partial charge < -0.3 is 15.4 Å². The van der Waals surface area contributed by atoms with E-state index < -0.39 is 0 Å². The van der Waals surface area contributed by atoms with Crippen molar-refractivity contribution in [3.8, 4) is 5.75 Å². The second kappa shape index (κ2) is 7.36. The van der Waals surface area contributed by atoms with Gasteiger partial charge in [0, 0.05) is 17.8 Å². The average Bonchev–Trinajstić information content (AvgIpc) is 2.62. The fourth-order valence-corrected chi connectivity index (χ4v) is 2.08. The van der Waals surface area contributed by atoms with Crippen LogP contribution >= 0.6 is 0 Å². The number of anilines is 3. The molecular formula is C17H16FN5O. The van der Waals surface area contributed by atoms with Crippen LogP contribution in [0.3, 0.4) is 0 Å². The first-order valence-corrected chi connectivity index (χ1v) is 7.32. The van der Waals surface area contributed by atoms with E-state index in [0.717, 1.165) is 11.4 Å². The number of halogens is 1. The highest BCUT2D eigenvalue weighted by molar-refractivity contribution is 5.57. The Balaban J connectivity index is 1.66. The van der Waals surface area contributed by atoms with Crippen LogP contribution in [-0.2, 0) is 6.54 Å². The fourth-order valence-electron chi connectivity index (χ4n) is 2.08. The third-order valence-electron chi connectivity index (χ3n) is 3.32. The maximum absolute atomic E-state index is 13.6. The van der Waals surface area contributed by atoms with E-state index in [2.05, 4.69) is 25.8 Å². The van der Waals surface area contributed by atoms with Crippen LogP contribution in [0.1, 0.15) is 5.56 Å². The summed E-state index contributed by atoms with van der Waals surface area (Å²) in [7, 11) is 1.62. The average molecular weight is 325 g/mol. The molecule has 2 N–H and O–H groups in total. The number of nitrogens with one attached hydrogen (secondary N) is 2. The topological polar surface area (TPSA) is 72.0 Å². The molecule has 0 atom stereocenters. The van der Waals surface area contributed by atoms with Gasteiger partial charge >= 0.3 is 0 Å². The lowest BCUT2D eigenvalue weighted by Gasteiger charge is -2.08. The molecule has 0 unspecified atom stereocenters. The van der Waals surface area contributed by atoms with Crippen LogP contribution in [0.5, 0.6) is 5.75 Å². The Labute approximate surface area is 138 Å². The first kappa shape index (κ1) is 15.7. The van der Waals surface area contributed by atoms with Gasteiger partial charge in [0.05, 0.1) is 13.3 Å². The first-order valence-electron chi connectivity index (χ1n) is 7.32. The molecule has 3 aromatic rings. The molecule has 0 aliphatic rings. The Morgan fingerprint density at radius 2 is 1.88 bits per heavy atom. The number of benzene rings is 2. The minimum atomic E-state index is -0.273. The van der Waals surface area contributed by atoms with Crippen molar-refractivity contribution in [3.63, 3.8) is 0 Å². The van der Waals surface area contributed by atoms with Crippen LogP contribution in [0, 0.1) is 5.82 Å². The molecule has 0 aliphatic carbocycles. The van der Waals surface area contributed by atoms with Crippen molar-refractivity contribution in [2.75, 3.05) is 17.7 Å². The number of nitrogens with zero attached hydrogens (tertiary/aromatic N) is 3. The highest BCUT2D eigenvalue weighted by Crippen LogP contribution is 2.18. The lowest BCUT2D eigenvalue weighted by molar-refractivity contribution is 0.415. The van der Waals surface area contributed by atoms with E-state index in [-0.39, 0.29) is 12.4 Å². The molecule has 0 radical (unpaired) electrons. The van der Waals surface area contributed by atoms with Crippen molar-refractivity contribution in [1.29, 1.82) is 0 Å². The number of aromatic nitrogens is 3. The molecule has 3 rings (SSSR count). The summed E-state index contributed by atoms with van der Waals surface area (Å²) in [4.78, 5) is 4.31. The van der Waals surface area contributed by atoms with Gasteiger partial charge in [-0.25, -0.2) is 4.39 Å². The van der Waals surface area contributed by atoms with Crippen molar-refractivity contribution in [2.45, 2.75) is 6.54 Å². The third kappa shape index (κ3) is 3.95. The summed E-state index contributed by atoms with van der Waals surface area (Å²) in [5.74, 6) is 1.35. The van der Waals surface area contributed by atoms with Gasteiger partial charge in [-0.3, -0.25) is 0 Å². The summed E-state index contributed by atoms with van der Waals surface area (Å²) in [6.07, 6.45) is 1.51. The van der Waals surface area contributed by atoms with Gasteiger partial charge in [0.25, 0.3) is 0 Å². The van der Waals surface area contributed by atoms with E-state index in [4.69, 9.17) is 4.74 Å². The van der Waals surface area contributed by atoms with Crippen LogP contribution in [0.15, 0.2) is 54.7 Å². The summed E-state index contributed by atoms with van der Waals surface area (Å²) in [5.41, 5.74) is 1.38. The molecule has 0 saturated heterocycles. The van der Waals surface area contributed by atoms with Crippen molar-refractivity contribution >= 4 is 17.5 Å². The van der Waals surface area contributed by atoms with Crippen molar-refractivity contribution in [1.82, 2.24) is 15.2 Å². The lowest BCUT2D eigenvalue weighted by Crippen LogP contribution is -2.07. The quantitative estimate of drug-likeness (QED) is 0.724. The van der Waals surface area contributed by atoms with Gasteiger partial charge in [-0.1, -0.05) is 18.2 Å². The molecule has 0 fully saturated rings. The smallest absolute Gasteiger partial charge is 0.244 e. The Bertz CT molecular complexity index is 810. The second-order valence-corrected chi connectivity index (χ2v) is 4.96. The number of rotatable bonds is 6. The second-order valence-electron chi connectivity index (χ2n) is 4.96. The summed E-state index contributed by atoms with van der Waals surface area (Å²) in [6.45, 7) is 0.278. The molecule has 24 heavy (non-hydrogen) atoms. The van der Waals surface area contributed by atoms with Crippen LogP contribution in [0.25, 0.3) is 0 Å². The maximum atomic E-state index is 13.6. The number of ether oxygens (including phenoxy) is 1. The van der Waals surface area contributed by atoms with E-state index >= 15 is 0 Å². The largest absolute Gasteiger partial charge is 0.497 e. The van der Waals surface area contributed by atoms with E-state index in [9.17, 15) is 4.39 Å². The molecule has 0 bridgehead atoms. The molecule has 6 nitrogen and oxygen atoms in total. The van der Waals surface area contributed by atoms with Gasteiger partial charge in [-0.2, -0.15) is 10.1 Å². The highest BCUT2D eigenvalue weighted by Gasteiger charge is 2.04. The van der Waals surface area contributed by atoms with Gasteiger partial charge in [0.15, 0.2) is 5.82 Å². The molecule has 1 heterocycles. The zero-order valence-electron chi connectivity index (χ0n) is 13.0. The molecule has 2 aromatic carbocycles. The van der Waals surface area contributed by atoms with E-state index in [0.29, 0.717) is 17.3 Å². The van der Waals surface area contributed by atoms with E-state index in [1.54, 1.807) is 25.3 Å². The first-order chi connectivity index (χ1) is 11.7. The van der Waals surface area contributed by atoms with Crippen LogP contribution in [-0.4, -0.2) is 22.3 Å². The SMILES string of the molecule is COc1ccc(Nc2cnnc(NCc3ccccc3F)n2)cc1. The van der Waals surface area contributed by atoms with Gasteiger partial charge in [-0.15, -0.1) is 5.10 Å². The minimum absolute atomic E-state index is 0.273. The van der Waals surface area contributed by atoms with Gasteiger partial charge in [0.1, 0.15) is 11.6 Å². The molecule has 0 saturated carbocycles. The number of hydrogen-bond acceptors (Lipinski definition) is 6. The molecule has 0 spiro atoms. The zero-order valence-corrected chi connectivity index (χ0v) is 13.0. The molecule has 7 heteroatoms. The third-order valence-corrected chi connectivity index (χ3v) is 3.32. The molecule has 0 aliphatic heterocycles. The summed E-state index contributed by atoms with van der Waals surface area (Å²) < 4.78 is 18.7. The molecule has 0 amide bonds. The van der Waals surface area contributed by atoms with Gasteiger partial charge in [0.2, 0.25) is 5.95 Å². The molecule has 1 aromatic heterocycles. The molecular weight excluding hydrogens is 309 g/mol. The summed E-state index contributed by atoms with van der Waals surface area (Å²) >= 11 is 0. The predicted octanol–water partition coefficient (Wildman–Crippen LogP) is 3.38.